The lowest BCUT2D eigenvalue weighted by molar-refractivity contribution is 0.653. The molecule has 0 aliphatic heterocycles. The van der Waals surface area contributed by atoms with E-state index in [1.807, 2.05) is 18.2 Å². The minimum absolute atomic E-state index is 0.404. The maximum atomic E-state index is 5.64. The molecule has 2 N–H and O–H groups in total. The predicted molar refractivity (Wildman–Crippen MR) is 57.2 cm³/mol. The highest BCUT2D eigenvalue weighted by Crippen LogP contribution is 2.28. The lowest BCUT2D eigenvalue weighted by Gasteiger charge is -1.96. The van der Waals surface area contributed by atoms with Crippen LogP contribution in [0.3, 0.4) is 0 Å². The summed E-state index contributed by atoms with van der Waals surface area (Å²) in [6.45, 7) is 0.404. The van der Waals surface area contributed by atoms with Crippen LogP contribution in [0.5, 0.6) is 0 Å². The Morgan fingerprint density at radius 1 is 1.20 bits per heavy atom. The summed E-state index contributed by atoms with van der Waals surface area (Å²) < 4.78 is 5.59. The van der Waals surface area contributed by atoms with Crippen molar-refractivity contribution in [1.29, 1.82) is 0 Å². The molecule has 0 spiro atoms. The molecular weight excluding hydrogens is 190 g/mol. The number of pyridine rings is 2. The van der Waals surface area contributed by atoms with E-state index in [1.165, 1.54) is 0 Å². The fraction of sp³-hybridized carbons (Fsp3) is 0.0909. The average Bonchev–Trinajstić information content (AvgIpc) is 2.67. The van der Waals surface area contributed by atoms with Gasteiger partial charge in [0.1, 0.15) is 5.58 Å². The van der Waals surface area contributed by atoms with Crippen molar-refractivity contribution < 1.29 is 4.42 Å². The van der Waals surface area contributed by atoms with Crippen molar-refractivity contribution in [3.63, 3.8) is 0 Å². The summed E-state index contributed by atoms with van der Waals surface area (Å²) in [4.78, 5) is 8.39. The Morgan fingerprint density at radius 3 is 3.00 bits per heavy atom. The highest BCUT2D eigenvalue weighted by atomic mass is 16.3. The van der Waals surface area contributed by atoms with E-state index in [2.05, 4.69) is 9.97 Å². The van der Waals surface area contributed by atoms with E-state index in [4.69, 9.17) is 10.2 Å². The molecule has 0 bridgehead atoms. The van der Waals surface area contributed by atoms with E-state index >= 15 is 0 Å². The van der Waals surface area contributed by atoms with Gasteiger partial charge in [0.2, 0.25) is 5.71 Å². The Hall–Kier alpha value is -1.94. The standard InChI is InChI=1S/C11H9N3O/c12-6-8-10-7-2-1-4-14-11(7)15-9(10)3-5-13-8/h1-5H,6,12H2. The van der Waals surface area contributed by atoms with Crippen molar-refractivity contribution in [3.05, 3.63) is 36.3 Å². The highest BCUT2D eigenvalue weighted by molar-refractivity contribution is 6.04. The number of hydrogen-bond acceptors (Lipinski definition) is 4. The van der Waals surface area contributed by atoms with Crippen LogP contribution >= 0.6 is 0 Å². The van der Waals surface area contributed by atoms with Crippen LogP contribution in [0.2, 0.25) is 0 Å². The molecule has 3 aromatic rings. The lowest BCUT2D eigenvalue weighted by Crippen LogP contribution is -1.99. The molecule has 0 amide bonds. The van der Waals surface area contributed by atoms with Crippen LogP contribution in [-0.2, 0) is 6.54 Å². The molecule has 3 heterocycles. The van der Waals surface area contributed by atoms with Crippen molar-refractivity contribution in [1.82, 2.24) is 9.97 Å². The second-order valence-corrected chi connectivity index (χ2v) is 3.29. The van der Waals surface area contributed by atoms with E-state index in [0.717, 1.165) is 22.0 Å². The molecule has 0 saturated carbocycles. The van der Waals surface area contributed by atoms with Gasteiger partial charge in [0.25, 0.3) is 0 Å². The van der Waals surface area contributed by atoms with Crippen LogP contribution < -0.4 is 5.73 Å². The Bertz CT molecular complexity index is 630. The first-order chi connectivity index (χ1) is 7.40. The second kappa shape index (κ2) is 3.03. The van der Waals surface area contributed by atoms with Crippen LogP contribution in [0.15, 0.2) is 35.0 Å². The van der Waals surface area contributed by atoms with Gasteiger partial charge in [-0.15, -0.1) is 0 Å². The summed E-state index contributed by atoms with van der Waals surface area (Å²) in [5.74, 6) is 0. The molecule has 0 aromatic carbocycles. The fourth-order valence-electron chi connectivity index (χ4n) is 1.78. The van der Waals surface area contributed by atoms with Gasteiger partial charge in [-0.05, 0) is 18.2 Å². The number of nitrogens with two attached hydrogens (primary N) is 1. The average molecular weight is 199 g/mol. The molecule has 3 rings (SSSR count). The number of furan rings is 1. The molecule has 0 aliphatic rings. The van der Waals surface area contributed by atoms with Gasteiger partial charge in [-0.2, -0.15) is 0 Å². The van der Waals surface area contributed by atoms with Crippen LogP contribution in [0, 0.1) is 0 Å². The summed E-state index contributed by atoms with van der Waals surface area (Å²) in [6.07, 6.45) is 3.41. The van der Waals surface area contributed by atoms with Crippen molar-refractivity contribution in [2.24, 2.45) is 5.73 Å². The van der Waals surface area contributed by atoms with E-state index in [0.29, 0.717) is 12.3 Å². The van der Waals surface area contributed by atoms with Gasteiger partial charge in [-0.1, -0.05) is 0 Å². The molecule has 4 heteroatoms. The topological polar surface area (TPSA) is 64.9 Å². The Labute approximate surface area is 85.7 Å². The first-order valence-corrected chi connectivity index (χ1v) is 4.71. The van der Waals surface area contributed by atoms with E-state index in [-0.39, 0.29) is 0 Å². The second-order valence-electron chi connectivity index (χ2n) is 3.29. The lowest BCUT2D eigenvalue weighted by atomic mass is 10.2. The molecule has 3 aromatic heterocycles. The molecule has 0 atom stereocenters. The molecule has 0 radical (unpaired) electrons. The first-order valence-electron chi connectivity index (χ1n) is 4.71. The summed E-state index contributed by atoms with van der Waals surface area (Å²) in [5, 5.41) is 1.95. The quantitative estimate of drug-likeness (QED) is 0.649. The van der Waals surface area contributed by atoms with E-state index in [9.17, 15) is 0 Å². The summed E-state index contributed by atoms with van der Waals surface area (Å²) in [6, 6.07) is 5.68. The SMILES string of the molecule is NCc1nccc2oc3ncccc3c12. The van der Waals surface area contributed by atoms with Crippen molar-refractivity contribution in [3.8, 4) is 0 Å². The number of hydrogen-bond donors (Lipinski definition) is 1. The third-order valence-corrected chi connectivity index (χ3v) is 2.43. The van der Waals surface area contributed by atoms with Crippen LogP contribution in [0.4, 0.5) is 0 Å². The maximum absolute atomic E-state index is 5.64. The molecule has 0 aliphatic carbocycles. The third kappa shape index (κ3) is 1.12. The van der Waals surface area contributed by atoms with E-state index < -0.39 is 0 Å². The van der Waals surface area contributed by atoms with Crippen LogP contribution in [-0.4, -0.2) is 9.97 Å². The van der Waals surface area contributed by atoms with Crippen molar-refractivity contribution in [2.75, 3.05) is 0 Å². The van der Waals surface area contributed by atoms with Gasteiger partial charge in [0, 0.05) is 18.9 Å². The van der Waals surface area contributed by atoms with Crippen molar-refractivity contribution >= 4 is 22.1 Å². The van der Waals surface area contributed by atoms with Gasteiger partial charge in [-0.25, -0.2) is 4.98 Å². The number of nitrogens with zero attached hydrogens (tertiary/aromatic N) is 2. The minimum atomic E-state index is 0.404. The molecule has 0 unspecified atom stereocenters. The van der Waals surface area contributed by atoms with Gasteiger partial charge in [0.05, 0.1) is 16.5 Å². The Balaban J connectivity index is 2.56. The molecule has 15 heavy (non-hydrogen) atoms. The van der Waals surface area contributed by atoms with Crippen molar-refractivity contribution in [2.45, 2.75) is 6.54 Å². The highest BCUT2D eigenvalue weighted by Gasteiger charge is 2.10. The predicted octanol–water partition coefficient (Wildman–Crippen LogP) is 1.83. The number of aromatic nitrogens is 2. The largest absolute Gasteiger partial charge is 0.438 e. The van der Waals surface area contributed by atoms with Crippen LogP contribution in [0.1, 0.15) is 5.69 Å². The zero-order chi connectivity index (χ0) is 10.3. The zero-order valence-corrected chi connectivity index (χ0v) is 7.97. The smallest absolute Gasteiger partial charge is 0.227 e. The summed E-state index contributed by atoms with van der Waals surface area (Å²) in [7, 11) is 0. The maximum Gasteiger partial charge on any atom is 0.227 e. The fourth-order valence-corrected chi connectivity index (χ4v) is 1.78. The van der Waals surface area contributed by atoms with Gasteiger partial charge in [0.15, 0.2) is 0 Å². The van der Waals surface area contributed by atoms with Gasteiger partial charge >= 0.3 is 0 Å². The van der Waals surface area contributed by atoms with Gasteiger partial charge in [-0.3, -0.25) is 4.98 Å². The Kier molecular flexibility index (Phi) is 1.69. The molecule has 74 valence electrons. The number of fused-ring (bicyclic) bond motifs is 3. The minimum Gasteiger partial charge on any atom is -0.438 e. The number of rotatable bonds is 1. The third-order valence-electron chi connectivity index (χ3n) is 2.43. The van der Waals surface area contributed by atoms with E-state index in [1.54, 1.807) is 12.4 Å². The summed E-state index contributed by atoms with van der Waals surface area (Å²) >= 11 is 0. The zero-order valence-electron chi connectivity index (χ0n) is 7.97. The van der Waals surface area contributed by atoms with Crippen LogP contribution in [0.25, 0.3) is 22.1 Å². The monoisotopic (exact) mass is 199 g/mol. The molecule has 0 saturated heterocycles. The molecular formula is C11H9N3O. The normalized spacial score (nSPS) is 11.3. The van der Waals surface area contributed by atoms with Gasteiger partial charge < -0.3 is 10.2 Å². The summed E-state index contributed by atoms with van der Waals surface area (Å²) in [5.41, 5.74) is 7.91. The molecule has 0 fully saturated rings. The first kappa shape index (κ1) is 8.38. The Morgan fingerprint density at radius 2 is 2.13 bits per heavy atom. The molecule has 4 nitrogen and oxygen atoms in total.